The van der Waals surface area contributed by atoms with E-state index in [-0.39, 0.29) is 28.2 Å². The van der Waals surface area contributed by atoms with E-state index >= 15 is 0 Å². The van der Waals surface area contributed by atoms with Gasteiger partial charge >= 0.3 is 0 Å². The highest BCUT2D eigenvalue weighted by Crippen LogP contribution is 2.41. The number of likely N-dealkylation sites (N-methyl/N-ethyl adjacent to an activating group) is 1. The van der Waals surface area contributed by atoms with Gasteiger partial charge in [0.15, 0.2) is 5.43 Å². The Balaban J connectivity index is 1.84. The summed E-state index contributed by atoms with van der Waals surface area (Å²) in [5.41, 5.74) is 0.895. The minimum atomic E-state index is -0.735. The fourth-order valence-electron chi connectivity index (χ4n) is 3.96. The molecule has 1 fully saturated rings. The molecule has 0 bridgehead atoms. The van der Waals surface area contributed by atoms with E-state index in [4.69, 9.17) is 16.0 Å². The number of hydrogen-bond donors (Lipinski definition) is 3. The van der Waals surface area contributed by atoms with Gasteiger partial charge in [-0.2, -0.15) is 0 Å². The Hall–Kier alpha value is -2.80. The van der Waals surface area contributed by atoms with Gasteiger partial charge < -0.3 is 24.6 Å². The number of rotatable bonds is 3. The third-order valence-corrected chi connectivity index (χ3v) is 5.73. The van der Waals surface area contributed by atoms with Crippen molar-refractivity contribution in [1.29, 1.82) is 0 Å². The van der Waals surface area contributed by atoms with Crippen LogP contribution in [0.4, 0.5) is 0 Å². The zero-order valence-corrected chi connectivity index (χ0v) is 17.1. The van der Waals surface area contributed by atoms with Crippen molar-refractivity contribution in [2.24, 2.45) is 0 Å². The van der Waals surface area contributed by atoms with Crippen molar-refractivity contribution in [2.75, 3.05) is 20.1 Å². The number of aliphatic hydroxyl groups excluding tert-OH is 1. The summed E-state index contributed by atoms with van der Waals surface area (Å²) in [6.07, 6.45) is 3.26. The van der Waals surface area contributed by atoms with Crippen LogP contribution in [-0.2, 0) is 0 Å². The molecule has 1 saturated heterocycles. The molecule has 0 radical (unpaired) electrons. The average molecular weight is 428 g/mol. The third-order valence-electron chi connectivity index (χ3n) is 5.48. The molecular weight excluding hydrogens is 406 g/mol. The first kappa shape index (κ1) is 20.5. The third kappa shape index (κ3) is 3.94. The van der Waals surface area contributed by atoms with Crippen LogP contribution in [0.2, 0.25) is 5.02 Å². The van der Waals surface area contributed by atoms with E-state index in [2.05, 4.69) is 0 Å². The van der Waals surface area contributed by atoms with E-state index in [0.29, 0.717) is 23.6 Å². The number of aromatic hydroxyl groups is 2. The molecule has 0 amide bonds. The summed E-state index contributed by atoms with van der Waals surface area (Å²) in [7, 11) is 1.91. The van der Waals surface area contributed by atoms with Crippen molar-refractivity contribution >= 4 is 34.7 Å². The van der Waals surface area contributed by atoms with Crippen molar-refractivity contribution in [3.63, 3.8) is 0 Å². The Kier molecular flexibility index (Phi) is 5.56. The molecule has 30 heavy (non-hydrogen) atoms. The lowest BCUT2D eigenvalue weighted by Crippen LogP contribution is -2.40. The molecule has 2 aromatic carbocycles. The first-order valence-corrected chi connectivity index (χ1v) is 10.0. The number of hydrogen-bond acceptors (Lipinski definition) is 6. The van der Waals surface area contributed by atoms with Gasteiger partial charge in [0, 0.05) is 35.2 Å². The molecule has 3 N–H and O–H groups in total. The van der Waals surface area contributed by atoms with Crippen molar-refractivity contribution in [3.8, 4) is 11.5 Å². The molecule has 2 atom stereocenters. The van der Waals surface area contributed by atoms with Crippen molar-refractivity contribution in [3.05, 3.63) is 68.5 Å². The summed E-state index contributed by atoms with van der Waals surface area (Å²) in [4.78, 5) is 14.7. The Morgan fingerprint density at radius 2 is 1.87 bits per heavy atom. The van der Waals surface area contributed by atoms with Gasteiger partial charge in [0.1, 0.15) is 28.2 Å². The molecule has 1 aromatic heterocycles. The minimum absolute atomic E-state index is 0.00225. The normalized spacial score (nSPS) is 20.2. The van der Waals surface area contributed by atoms with E-state index < -0.39 is 17.5 Å². The summed E-state index contributed by atoms with van der Waals surface area (Å²) < 4.78 is 5.95. The lowest BCUT2D eigenvalue weighted by atomic mass is 9.85. The monoisotopic (exact) mass is 427 g/mol. The number of likely N-dealkylation sites (tertiary alicyclic amines) is 1. The molecule has 1 aliphatic heterocycles. The Morgan fingerprint density at radius 3 is 2.57 bits per heavy atom. The number of benzene rings is 2. The predicted molar refractivity (Wildman–Crippen MR) is 117 cm³/mol. The quantitative estimate of drug-likeness (QED) is 0.588. The number of phenols is 2. The number of β-amino-alcohol motifs (C(OH)–C–C–N with tert-alkyl or cyclic N) is 1. The molecule has 156 valence electrons. The van der Waals surface area contributed by atoms with Crippen molar-refractivity contribution in [2.45, 2.75) is 18.4 Å². The van der Waals surface area contributed by atoms with Gasteiger partial charge in [-0.1, -0.05) is 29.8 Å². The number of halogens is 1. The highest BCUT2D eigenvalue weighted by molar-refractivity contribution is 6.30. The maximum absolute atomic E-state index is 12.7. The second-order valence-electron chi connectivity index (χ2n) is 7.66. The van der Waals surface area contributed by atoms with E-state index in [1.54, 1.807) is 24.3 Å². The predicted octanol–water partition coefficient (Wildman–Crippen LogP) is 3.81. The van der Waals surface area contributed by atoms with Crippen LogP contribution in [0, 0.1) is 0 Å². The number of piperidine rings is 1. The number of phenolic OH excluding ortho intramolecular Hbond substituents is 2. The maximum Gasteiger partial charge on any atom is 0.197 e. The van der Waals surface area contributed by atoms with Crippen LogP contribution in [-0.4, -0.2) is 46.5 Å². The fraction of sp³-hybridized carbons (Fsp3) is 0.261. The van der Waals surface area contributed by atoms with Crippen LogP contribution in [0.3, 0.4) is 0 Å². The van der Waals surface area contributed by atoms with Gasteiger partial charge in [0.05, 0.1) is 6.10 Å². The van der Waals surface area contributed by atoms with Gasteiger partial charge in [-0.25, -0.2) is 0 Å². The molecule has 4 rings (SSSR count). The Bertz CT molecular complexity index is 1170. The molecule has 0 aliphatic carbocycles. The summed E-state index contributed by atoms with van der Waals surface area (Å²) in [5, 5.41) is 32.0. The largest absolute Gasteiger partial charge is 0.507 e. The van der Waals surface area contributed by atoms with Crippen LogP contribution in [0.5, 0.6) is 11.5 Å². The lowest BCUT2D eigenvalue weighted by Gasteiger charge is -2.34. The Morgan fingerprint density at radius 1 is 1.13 bits per heavy atom. The van der Waals surface area contributed by atoms with Crippen LogP contribution in [0.25, 0.3) is 23.1 Å². The van der Waals surface area contributed by atoms with E-state index in [9.17, 15) is 20.1 Å². The zero-order chi connectivity index (χ0) is 21.4. The summed E-state index contributed by atoms with van der Waals surface area (Å²) in [6, 6.07) is 9.61. The summed E-state index contributed by atoms with van der Waals surface area (Å²) in [6.45, 7) is 1.16. The first-order valence-electron chi connectivity index (χ1n) is 9.66. The van der Waals surface area contributed by atoms with E-state index in [1.165, 1.54) is 6.07 Å². The second kappa shape index (κ2) is 8.14. The number of fused-ring (bicyclic) bond motifs is 1. The Labute approximate surface area is 178 Å². The van der Waals surface area contributed by atoms with Crippen molar-refractivity contribution in [1.82, 2.24) is 4.90 Å². The standard InChI is InChI=1S/C23H22ClNO5/c1-25-9-8-16(20(29)12-25)21-18(27)11-19(28)22-17(26)10-15(30-23(21)22)7-4-13-2-5-14(24)6-3-13/h2-7,10-11,16,20,27-29H,8-9,12H2,1H3/b7-4+. The first-order chi connectivity index (χ1) is 14.3. The van der Waals surface area contributed by atoms with Gasteiger partial charge in [0.2, 0.25) is 0 Å². The maximum atomic E-state index is 12.7. The van der Waals surface area contributed by atoms with Gasteiger partial charge in [-0.15, -0.1) is 0 Å². The fourth-order valence-corrected chi connectivity index (χ4v) is 4.08. The zero-order valence-electron chi connectivity index (χ0n) is 16.4. The summed E-state index contributed by atoms with van der Waals surface area (Å²) in [5.74, 6) is -0.690. The molecule has 0 saturated carbocycles. The van der Waals surface area contributed by atoms with E-state index in [0.717, 1.165) is 18.2 Å². The molecule has 0 spiro atoms. The van der Waals surface area contributed by atoms with Crippen LogP contribution >= 0.6 is 11.6 Å². The molecule has 7 heteroatoms. The molecule has 3 aromatic rings. The summed E-state index contributed by atoms with van der Waals surface area (Å²) >= 11 is 5.90. The molecular formula is C23H22ClNO5. The second-order valence-corrected chi connectivity index (χ2v) is 8.09. The van der Waals surface area contributed by atoms with Crippen LogP contribution in [0.15, 0.2) is 45.6 Å². The molecule has 1 aliphatic rings. The molecule has 2 heterocycles. The van der Waals surface area contributed by atoms with Gasteiger partial charge in [-0.05, 0) is 43.8 Å². The topological polar surface area (TPSA) is 94.1 Å². The SMILES string of the molecule is CN1CCC(c2c(O)cc(O)c3c(=O)cc(/C=C/c4ccc(Cl)cc4)oc23)C(O)C1. The number of aliphatic hydroxyl groups is 1. The smallest absolute Gasteiger partial charge is 0.197 e. The van der Waals surface area contributed by atoms with Crippen LogP contribution in [0.1, 0.15) is 29.2 Å². The highest BCUT2D eigenvalue weighted by atomic mass is 35.5. The lowest BCUT2D eigenvalue weighted by molar-refractivity contribution is 0.0630. The molecule has 2 unspecified atom stereocenters. The number of nitrogens with zero attached hydrogens (tertiary/aromatic N) is 1. The van der Waals surface area contributed by atoms with Crippen LogP contribution < -0.4 is 5.43 Å². The highest BCUT2D eigenvalue weighted by Gasteiger charge is 2.32. The van der Waals surface area contributed by atoms with Gasteiger partial charge in [0.25, 0.3) is 0 Å². The van der Waals surface area contributed by atoms with E-state index in [1.807, 2.05) is 24.1 Å². The van der Waals surface area contributed by atoms with Gasteiger partial charge in [-0.3, -0.25) is 4.79 Å². The average Bonchev–Trinajstić information content (AvgIpc) is 2.68. The minimum Gasteiger partial charge on any atom is -0.507 e. The van der Waals surface area contributed by atoms with Crippen molar-refractivity contribution < 1.29 is 19.7 Å². The molecule has 6 nitrogen and oxygen atoms in total.